The lowest BCUT2D eigenvalue weighted by molar-refractivity contribution is -0.386. The molecular weight excluding hydrogens is 274 g/mol. The summed E-state index contributed by atoms with van der Waals surface area (Å²) in [6.07, 6.45) is 3.96. The second kappa shape index (κ2) is 6.43. The zero-order chi connectivity index (χ0) is 15.4. The fourth-order valence-electron chi connectivity index (χ4n) is 2.50. The molecule has 1 fully saturated rings. The van der Waals surface area contributed by atoms with Crippen LogP contribution in [0.1, 0.15) is 38.2 Å². The molecule has 1 aliphatic rings. The van der Waals surface area contributed by atoms with Gasteiger partial charge in [0.15, 0.2) is 11.6 Å². The van der Waals surface area contributed by atoms with Crippen LogP contribution in [-0.4, -0.2) is 22.1 Å². The van der Waals surface area contributed by atoms with Crippen LogP contribution in [-0.2, 0) is 0 Å². The Labute approximate surface area is 122 Å². The molecule has 7 heteroatoms. The molecule has 3 N–H and O–H groups in total. The van der Waals surface area contributed by atoms with Crippen molar-refractivity contribution >= 4 is 11.5 Å². The third-order valence-electron chi connectivity index (χ3n) is 3.82. The Morgan fingerprint density at radius 3 is 2.67 bits per heavy atom. The van der Waals surface area contributed by atoms with E-state index in [0.29, 0.717) is 5.92 Å². The Morgan fingerprint density at radius 2 is 2.10 bits per heavy atom. The highest BCUT2D eigenvalue weighted by Gasteiger charge is 2.24. The summed E-state index contributed by atoms with van der Waals surface area (Å²) in [6, 6.07) is 4.31. The van der Waals surface area contributed by atoms with Crippen molar-refractivity contribution in [3.05, 3.63) is 33.9 Å². The number of oxime groups is 1. The zero-order valence-corrected chi connectivity index (χ0v) is 11.9. The minimum absolute atomic E-state index is 0.00889. The number of hydrogen-bond acceptors (Lipinski definition) is 5. The van der Waals surface area contributed by atoms with Gasteiger partial charge in [-0.05, 0) is 43.7 Å². The summed E-state index contributed by atoms with van der Waals surface area (Å²) in [6.45, 7) is 2.20. The minimum atomic E-state index is -0.519. The van der Waals surface area contributed by atoms with E-state index in [0.717, 1.165) is 25.7 Å². The molecule has 1 saturated carbocycles. The van der Waals surface area contributed by atoms with Crippen LogP contribution in [0.4, 0.5) is 5.69 Å². The van der Waals surface area contributed by atoms with Crippen LogP contribution < -0.4 is 10.5 Å². The van der Waals surface area contributed by atoms with Gasteiger partial charge in [-0.1, -0.05) is 12.1 Å². The van der Waals surface area contributed by atoms with Crippen molar-refractivity contribution in [3.63, 3.8) is 0 Å². The lowest BCUT2D eigenvalue weighted by Crippen LogP contribution is -2.23. The fraction of sp³-hybridized carbons (Fsp3) is 0.500. The first-order valence-electron chi connectivity index (χ1n) is 6.94. The highest BCUT2D eigenvalue weighted by Crippen LogP contribution is 2.33. The molecule has 21 heavy (non-hydrogen) atoms. The maximum absolute atomic E-state index is 11.2. The van der Waals surface area contributed by atoms with Crippen molar-refractivity contribution in [3.8, 4) is 5.75 Å². The fourth-order valence-corrected chi connectivity index (χ4v) is 2.50. The molecule has 0 bridgehead atoms. The monoisotopic (exact) mass is 293 g/mol. The smallest absolute Gasteiger partial charge is 0.311 e. The average molecular weight is 293 g/mol. The first-order valence-corrected chi connectivity index (χ1v) is 6.94. The SMILES string of the molecule is CC1CCC(Oc2ccc(C(N)=NO)cc2[N+](=O)[O-])CC1. The molecule has 1 aromatic carbocycles. The van der Waals surface area contributed by atoms with E-state index in [1.807, 2.05) is 0 Å². The summed E-state index contributed by atoms with van der Waals surface area (Å²) < 4.78 is 5.78. The third kappa shape index (κ3) is 3.62. The molecule has 0 saturated heterocycles. The Balaban J connectivity index is 2.21. The van der Waals surface area contributed by atoms with Gasteiger partial charge in [-0.25, -0.2) is 0 Å². The van der Waals surface area contributed by atoms with Gasteiger partial charge in [-0.2, -0.15) is 0 Å². The molecular formula is C14H19N3O4. The van der Waals surface area contributed by atoms with Gasteiger partial charge in [-0.15, -0.1) is 0 Å². The molecule has 7 nitrogen and oxygen atoms in total. The van der Waals surface area contributed by atoms with E-state index >= 15 is 0 Å². The molecule has 1 aliphatic carbocycles. The van der Waals surface area contributed by atoms with Gasteiger partial charge in [0, 0.05) is 11.6 Å². The van der Waals surface area contributed by atoms with Crippen LogP contribution >= 0.6 is 0 Å². The Bertz CT molecular complexity index is 551. The summed E-state index contributed by atoms with van der Waals surface area (Å²) in [5, 5.41) is 22.6. The second-order valence-electron chi connectivity index (χ2n) is 5.42. The number of ether oxygens (including phenoxy) is 1. The summed E-state index contributed by atoms with van der Waals surface area (Å²) >= 11 is 0. The molecule has 0 radical (unpaired) electrons. The van der Waals surface area contributed by atoms with Crippen LogP contribution in [0.5, 0.6) is 5.75 Å². The quantitative estimate of drug-likeness (QED) is 0.291. The normalized spacial score (nSPS) is 22.8. The standard InChI is InChI=1S/C14H19N3O4/c1-9-2-5-11(6-3-9)21-13-7-4-10(14(15)16-18)8-12(13)17(19)20/h4,7-9,11,18H,2-3,5-6H2,1H3,(H2,15,16). The predicted octanol–water partition coefficient (Wildman–Crippen LogP) is 2.65. The van der Waals surface area contributed by atoms with Gasteiger partial charge in [0.2, 0.25) is 0 Å². The number of nitro groups is 1. The van der Waals surface area contributed by atoms with E-state index in [2.05, 4.69) is 12.1 Å². The number of hydrogen-bond donors (Lipinski definition) is 2. The second-order valence-corrected chi connectivity index (χ2v) is 5.42. The van der Waals surface area contributed by atoms with Crippen LogP contribution in [0.15, 0.2) is 23.4 Å². The van der Waals surface area contributed by atoms with E-state index < -0.39 is 4.92 Å². The number of benzene rings is 1. The van der Waals surface area contributed by atoms with E-state index in [-0.39, 0.29) is 28.9 Å². The Hall–Kier alpha value is -2.31. The van der Waals surface area contributed by atoms with E-state index in [9.17, 15) is 10.1 Å². The Kier molecular flexibility index (Phi) is 4.62. The first-order chi connectivity index (χ1) is 10.0. The summed E-state index contributed by atoms with van der Waals surface area (Å²) in [7, 11) is 0. The molecule has 0 atom stereocenters. The van der Waals surface area contributed by atoms with E-state index in [1.165, 1.54) is 12.1 Å². The van der Waals surface area contributed by atoms with E-state index in [4.69, 9.17) is 15.7 Å². The molecule has 0 aliphatic heterocycles. The van der Waals surface area contributed by atoms with Crippen molar-refractivity contribution < 1.29 is 14.9 Å². The third-order valence-corrected chi connectivity index (χ3v) is 3.82. The van der Waals surface area contributed by atoms with Crippen LogP contribution in [0.3, 0.4) is 0 Å². The molecule has 0 unspecified atom stereocenters. The number of nitrogens with zero attached hydrogens (tertiary/aromatic N) is 2. The number of nitrogens with two attached hydrogens (primary N) is 1. The van der Waals surface area contributed by atoms with Crippen LogP contribution in [0.2, 0.25) is 0 Å². The molecule has 2 rings (SSSR count). The maximum atomic E-state index is 11.2. The molecule has 0 heterocycles. The predicted molar refractivity (Wildman–Crippen MR) is 77.7 cm³/mol. The molecule has 0 spiro atoms. The van der Waals surface area contributed by atoms with Crippen molar-refractivity contribution in [1.29, 1.82) is 0 Å². The van der Waals surface area contributed by atoms with Gasteiger partial charge in [0.1, 0.15) is 0 Å². The first kappa shape index (κ1) is 15.1. The van der Waals surface area contributed by atoms with Gasteiger partial charge in [-0.3, -0.25) is 10.1 Å². The van der Waals surface area contributed by atoms with Crippen molar-refractivity contribution in [2.24, 2.45) is 16.8 Å². The Morgan fingerprint density at radius 1 is 1.43 bits per heavy atom. The number of rotatable bonds is 4. The average Bonchev–Trinajstić information content (AvgIpc) is 2.49. The topological polar surface area (TPSA) is 111 Å². The summed E-state index contributed by atoms with van der Waals surface area (Å²) in [5.41, 5.74) is 5.57. The van der Waals surface area contributed by atoms with Gasteiger partial charge >= 0.3 is 5.69 Å². The minimum Gasteiger partial charge on any atom is -0.484 e. The molecule has 1 aromatic rings. The van der Waals surface area contributed by atoms with Crippen molar-refractivity contribution in [2.75, 3.05) is 0 Å². The number of amidine groups is 1. The molecule has 0 aromatic heterocycles. The summed E-state index contributed by atoms with van der Waals surface area (Å²) in [5.74, 6) is 0.743. The number of nitro benzene ring substituents is 1. The zero-order valence-electron chi connectivity index (χ0n) is 11.9. The lowest BCUT2D eigenvalue weighted by atomic mass is 9.89. The van der Waals surface area contributed by atoms with Crippen molar-refractivity contribution in [2.45, 2.75) is 38.7 Å². The van der Waals surface area contributed by atoms with Crippen molar-refractivity contribution in [1.82, 2.24) is 0 Å². The van der Waals surface area contributed by atoms with Gasteiger partial charge < -0.3 is 15.7 Å². The van der Waals surface area contributed by atoms with Gasteiger partial charge in [0.05, 0.1) is 11.0 Å². The maximum Gasteiger partial charge on any atom is 0.311 e. The molecule has 114 valence electrons. The van der Waals surface area contributed by atoms with Crippen LogP contribution in [0.25, 0.3) is 0 Å². The largest absolute Gasteiger partial charge is 0.484 e. The lowest BCUT2D eigenvalue weighted by Gasteiger charge is -2.26. The highest BCUT2D eigenvalue weighted by atomic mass is 16.6. The summed E-state index contributed by atoms with van der Waals surface area (Å²) in [4.78, 5) is 10.6. The highest BCUT2D eigenvalue weighted by molar-refractivity contribution is 5.97. The van der Waals surface area contributed by atoms with E-state index in [1.54, 1.807) is 6.07 Å². The van der Waals surface area contributed by atoms with Gasteiger partial charge in [0.25, 0.3) is 0 Å². The molecule has 0 amide bonds. The van der Waals surface area contributed by atoms with Crippen LogP contribution in [0, 0.1) is 16.0 Å².